The fraction of sp³-hybridized carbons (Fsp3) is 0.458. The van der Waals surface area contributed by atoms with E-state index in [0.29, 0.717) is 19.5 Å². The summed E-state index contributed by atoms with van der Waals surface area (Å²) in [5.74, 6) is 1.03. The predicted octanol–water partition coefficient (Wildman–Crippen LogP) is 3.69. The number of carbonyl (C=O) groups is 1. The van der Waals surface area contributed by atoms with Crippen LogP contribution in [-0.2, 0) is 11.3 Å². The molecule has 31 heavy (non-hydrogen) atoms. The summed E-state index contributed by atoms with van der Waals surface area (Å²) in [5, 5.41) is 8.20. The zero-order valence-electron chi connectivity index (χ0n) is 18.6. The molecule has 1 fully saturated rings. The highest BCUT2D eigenvalue weighted by Gasteiger charge is 2.30. The van der Waals surface area contributed by atoms with Crippen LogP contribution in [0.4, 0.5) is 5.82 Å². The number of hydrogen-bond donors (Lipinski definition) is 2. The van der Waals surface area contributed by atoms with Crippen LogP contribution in [0.2, 0.25) is 0 Å². The van der Waals surface area contributed by atoms with Gasteiger partial charge in [0, 0.05) is 37.7 Å². The number of benzene rings is 1. The molecule has 4 rings (SSSR count). The first kappa shape index (κ1) is 21.3. The topological polar surface area (TPSA) is 88.5 Å². The summed E-state index contributed by atoms with van der Waals surface area (Å²) in [5.41, 5.74) is 9.58. The molecule has 3 N–H and O–H groups in total. The van der Waals surface area contributed by atoms with Crippen molar-refractivity contribution in [3.8, 4) is 11.3 Å². The van der Waals surface area contributed by atoms with Gasteiger partial charge in [0.05, 0.1) is 11.9 Å². The number of nitrogens with one attached hydrogen (secondary N) is 1. The Hall–Kier alpha value is -2.93. The molecule has 7 heteroatoms. The Bertz CT molecular complexity index is 1050. The Morgan fingerprint density at radius 3 is 2.68 bits per heavy atom. The lowest BCUT2D eigenvalue weighted by Crippen LogP contribution is -2.41. The monoisotopic (exact) mass is 420 g/mol. The van der Waals surface area contributed by atoms with E-state index in [1.54, 1.807) is 0 Å². The third-order valence-corrected chi connectivity index (χ3v) is 5.75. The SMILES string of the molecule is CC(C)(C)CC(=O)N1CCC[C@H]1CNc1ccc2ncc(-c3ccc(CN)cc3)n2n1. The first-order chi connectivity index (χ1) is 14.8. The van der Waals surface area contributed by atoms with Crippen molar-refractivity contribution in [3.63, 3.8) is 0 Å². The van der Waals surface area contributed by atoms with Crippen LogP contribution >= 0.6 is 0 Å². The van der Waals surface area contributed by atoms with E-state index in [0.717, 1.165) is 47.7 Å². The van der Waals surface area contributed by atoms with Gasteiger partial charge in [0.1, 0.15) is 5.82 Å². The minimum absolute atomic E-state index is 0.00439. The number of hydrogen-bond acceptors (Lipinski definition) is 5. The number of carbonyl (C=O) groups excluding carboxylic acids is 1. The molecule has 3 heterocycles. The molecular weight excluding hydrogens is 388 g/mol. The summed E-state index contributed by atoms with van der Waals surface area (Å²) in [4.78, 5) is 19.3. The number of fused-ring (bicyclic) bond motifs is 1. The lowest BCUT2D eigenvalue weighted by atomic mass is 9.91. The van der Waals surface area contributed by atoms with E-state index in [2.05, 4.69) is 31.1 Å². The van der Waals surface area contributed by atoms with Gasteiger partial charge in [-0.15, -0.1) is 5.10 Å². The van der Waals surface area contributed by atoms with Gasteiger partial charge in [-0.1, -0.05) is 45.0 Å². The number of amides is 1. The van der Waals surface area contributed by atoms with E-state index in [-0.39, 0.29) is 17.4 Å². The summed E-state index contributed by atoms with van der Waals surface area (Å²) in [6.45, 7) is 8.40. The van der Waals surface area contributed by atoms with E-state index in [9.17, 15) is 4.79 Å². The van der Waals surface area contributed by atoms with Crippen molar-refractivity contribution in [1.82, 2.24) is 19.5 Å². The molecule has 7 nitrogen and oxygen atoms in total. The maximum absolute atomic E-state index is 12.7. The number of imidazole rings is 1. The Kier molecular flexibility index (Phi) is 5.96. The minimum atomic E-state index is 0.00439. The number of aromatic nitrogens is 3. The largest absolute Gasteiger partial charge is 0.367 e. The molecule has 1 aliphatic heterocycles. The highest BCUT2D eigenvalue weighted by atomic mass is 16.2. The molecule has 0 radical (unpaired) electrons. The smallest absolute Gasteiger partial charge is 0.223 e. The summed E-state index contributed by atoms with van der Waals surface area (Å²) >= 11 is 0. The van der Waals surface area contributed by atoms with Crippen LogP contribution in [0.3, 0.4) is 0 Å². The van der Waals surface area contributed by atoms with E-state index >= 15 is 0 Å². The van der Waals surface area contributed by atoms with Crippen molar-refractivity contribution < 1.29 is 4.79 Å². The zero-order chi connectivity index (χ0) is 22.0. The summed E-state index contributed by atoms with van der Waals surface area (Å²) in [6.07, 6.45) is 4.50. The number of nitrogens with zero attached hydrogens (tertiary/aromatic N) is 4. The molecule has 1 saturated heterocycles. The van der Waals surface area contributed by atoms with Crippen molar-refractivity contribution in [1.29, 1.82) is 0 Å². The highest BCUT2D eigenvalue weighted by molar-refractivity contribution is 5.77. The quantitative estimate of drug-likeness (QED) is 0.635. The fourth-order valence-electron chi connectivity index (χ4n) is 4.13. The minimum Gasteiger partial charge on any atom is -0.367 e. The van der Waals surface area contributed by atoms with Gasteiger partial charge in [-0.2, -0.15) is 0 Å². The van der Waals surface area contributed by atoms with Gasteiger partial charge >= 0.3 is 0 Å². The Morgan fingerprint density at radius 1 is 1.19 bits per heavy atom. The fourth-order valence-corrected chi connectivity index (χ4v) is 4.13. The first-order valence-electron chi connectivity index (χ1n) is 11.0. The Morgan fingerprint density at radius 2 is 1.97 bits per heavy atom. The van der Waals surface area contributed by atoms with Crippen LogP contribution in [0.5, 0.6) is 0 Å². The molecule has 1 aromatic carbocycles. The molecule has 1 aliphatic rings. The average molecular weight is 421 g/mol. The molecule has 0 aliphatic carbocycles. The van der Waals surface area contributed by atoms with Gasteiger partial charge in [0.25, 0.3) is 0 Å². The van der Waals surface area contributed by atoms with Gasteiger partial charge in [-0.3, -0.25) is 4.79 Å². The standard InChI is InChI=1S/C24H32N6O/c1-24(2,3)13-23(31)29-12-4-5-19(29)15-26-21-10-11-22-27-16-20(30(22)28-21)18-8-6-17(14-25)7-9-18/h6-11,16,19H,4-5,12-15,25H2,1-3H3,(H,26,28)/t19-/m0/s1. The summed E-state index contributed by atoms with van der Waals surface area (Å²) in [6, 6.07) is 12.3. The highest BCUT2D eigenvalue weighted by Crippen LogP contribution is 2.25. The van der Waals surface area contributed by atoms with E-state index < -0.39 is 0 Å². The van der Waals surface area contributed by atoms with Gasteiger partial charge < -0.3 is 16.0 Å². The van der Waals surface area contributed by atoms with Gasteiger partial charge in [0.15, 0.2) is 5.65 Å². The number of nitrogens with two attached hydrogens (primary N) is 1. The normalized spacial score (nSPS) is 16.8. The van der Waals surface area contributed by atoms with Crippen LogP contribution < -0.4 is 11.1 Å². The first-order valence-corrected chi connectivity index (χ1v) is 11.0. The third kappa shape index (κ3) is 4.88. The van der Waals surface area contributed by atoms with Crippen LogP contribution in [0.15, 0.2) is 42.6 Å². The second-order valence-electron chi connectivity index (χ2n) is 9.53. The van der Waals surface area contributed by atoms with Crippen molar-refractivity contribution >= 4 is 17.4 Å². The molecule has 164 valence electrons. The van der Waals surface area contributed by atoms with E-state index in [1.807, 2.05) is 52.0 Å². The molecule has 0 saturated carbocycles. The second-order valence-corrected chi connectivity index (χ2v) is 9.53. The predicted molar refractivity (Wildman–Crippen MR) is 124 cm³/mol. The molecule has 0 unspecified atom stereocenters. The molecular formula is C24H32N6O. The third-order valence-electron chi connectivity index (χ3n) is 5.75. The Labute approximate surface area is 183 Å². The average Bonchev–Trinajstić information content (AvgIpc) is 3.38. The van der Waals surface area contributed by atoms with Crippen molar-refractivity contribution in [2.45, 2.75) is 52.6 Å². The molecule has 0 bridgehead atoms. The molecule has 0 spiro atoms. The maximum atomic E-state index is 12.7. The summed E-state index contributed by atoms with van der Waals surface area (Å²) in [7, 11) is 0. The maximum Gasteiger partial charge on any atom is 0.223 e. The summed E-state index contributed by atoms with van der Waals surface area (Å²) < 4.78 is 1.86. The van der Waals surface area contributed by atoms with E-state index in [4.69, 9.17) is 10.8 Å². The number of anilines is 1. The van der Waals surface area contributed by atoms with Crippen molar-refractivity contribution in [3.05, 3.63) is 48.2 Å². The van der Waals surface area contributed by atoms with Gasteiger partial charge in [-0.25, -0.2) is 9.50 Å². The van der Waals surface area contributed by atoms with Gasteiger partial charge in [0.2, 0.25) is 5.91 Å². The van der Waals surface area contributed by atoms with Crippen LogP contribution in [0.1, 0.15) is 45.6 Å². The van der Waals surface area contributed by atoms with Crippen molar-refractivity contribution in [2.75, 3.05) is 18.4 Å². The number of rotatable bonds is 6. The van der Waals surface area contributed by atoms with Gasteiger partial charge in [-0.05, 0) is 36.0 Å². The molecule has 1 atom stereocenters. The van der Waals surface area contributed by atoms with Crippen molar-refractivity contribution in [2.24, 2.45) is 11.1 Å². The van der Waals surface area contributed by atoms with Crippen LogP contribution in [0, 0.1) is 5.41 Å². The molecule has 2 aromatic heterocycles. The molecule has 3 aromatic rings. The Balaban J connectivity index is 1.48. The second kappa shape index (κ2) is 8.67. The van der Waals surface area contributed by atoms with E-state index in [1.165, 1.54) is 0 Å². The lowest BCUT2D eigenvalue weighted by molar-refractivity contribution is -0.133. The number of likely N-dealkylation sites (tertiary alicyclic amines) is 1. The van der Waals surface area contributed by atoms with Crippen LogP contribution in [-0.4, -0.2) is 44.5 Å². The lowest BCUT2D eigenvalue weighted by Gasteiger charge is -2.28. The molecule has 1 amide bonds. The zero-order valence-corrected chi connectivity index (χ0v) is 18.6. The van der Waals surface area contributed by atoms with Crippen LogP contribution in [0.25, 0.3) is 16.9 Å².